The van der Waals surface area contributed by atoms with E-state index in [0.717, 1.165) is 42.0 Å². The van der Waals surface area contributed by atoms with E-state index in [2.05, 4.69) is 16.9 Å². The van der Waals surface area contributed by atoms with Gasteiger partial charge in [0.25, 0.3) is 11.5 Å². The maximum absolute atomic E-state index is 14.5. The minimum Gasteiger partial charge on any atom is -0.492 e. The van der Waals surface area contributed by atoms with Crippen LogP contribution in [0.3, 0.4) is 0 Å². The lowest BCUT2D eigenvalue weighted by Crippen LogP contribution is -2.40. The van der Waals surface area contributed by atoms with Gasteiger partial charge in [0, 0.05) is 35.3 Å². The number of halogens is 4. The molecule has 1 aliphatic rings. The van der Waals surface area contributed by atoms with Crippen LogP contribution < -0.4 is 10.3 Å². The molecule has 1 amide bonds. The smallest absolute Gasteiger partial charge is 0.433 e. The zero-order chi connectivity index (χ0) is 32.5. The number of alkyl halides is 3. The minimum absolute atomic E-state index is 0.160. The molecule has 1 saturated heterocycles. The van der Waals surface area contributed by atoms with Crippen LogP contribution in [0.2, 0.25) is 5.02 Å². The molecule has 1 aromatic carbocycles. The van der Waals surface area contributed by atoms with Gasteiger partial charge in [0.15, 0.2) is 0 Å². The van der Waals surface area contributed by atoms with Gasteiger partial charge in [0.2, 0.25) is 0 Å². The van der Waals surface area contributed by atoms with Gasteiger partial charge in [0.1, 0.15) is 16.5 Å². The molecule has 0 radical (unpaired) electrons. The Bertz CT molecular complexity index is 1810. The summed E-state index contributed by atoms with van der Waals surface area (Å²) in [6, 6.07) is 8.72. The second-order valence-corrected chi connectivity index (χ2v) is 12.5. The van der Waals surface area contributed by atoms with Gasteiger partial charge in [-0.1, -0.05) is 24.1 Å². The standard InChI is InChI=1S/C33H32ClF3N4O3S/c1-5-44-28-10-9-22(34)14-27(28)41-26(13-19(2)3)23(31(42)40-12-6-7-20(4)17-40)15-24(32(41)43)30-39-25(18-45-30)21-8-11-29(38-16-21)33(35,36)37/h8-11,13-16,18,20H,5-7,12,17H2,1-4H3/t20-/m1/s1. The number of allylic oxidation sites excluding steroid dienone is 1. The monoisotopic (exact) mass is 656 g/mol. The van der Waals surface area contributed by atoms with E-state index in [1.54, 1.807) is 35.7 Å². The maximum atomic E-state index is 14.5. The molecular formula is C33H32ClF3N4O3S. The topological polar surface area (TPSA) is 77.3 Å². The number of benzene rings is 1. The number of carbonyl (C=O) groups excluding carboxylic acids is 1. The molecule has 0 aliphatic carbocycles. The fourth-order valence-electron chi connectivity index (χ4n) is 5.34. The first-order valence-corrected chi connectivity index (χ1v) is 15.8. The fourth-order valence-corrected chi connectivity index (χ4v) is 6.34. The van der Waals surface area contributed by atoms with Crippen LogP contribution in [0.5, 0.6) is 5.75 Å². The zero-order valence-corrected chi connectivity index (χ0v) is 26.8. The van der Waals surface area contributed by atoms with Crippen molar-refractivity contribution in [2.24, 2.45) is 5.92 Å². The summed E-state index contributed by atoms with van der Waals surface area (Å²) in [7, 11) is 0. The Balaban J connectivity index is 1.75. The second kappa shape index (κ2) is 13.2. The van der Waals surface area contributed by atoms with Gasteiger partial charge in [-0.3, -0.25) is 19.1 Å². The van der Waals surface area contributed by atoms with Crippen LogP contribution in [0.4, 0.5) is 13.2 Å². The van der Waals surface area contributed by atoms with Gasteiger partial charge < -0.3 is 9.64 Å². The first-order valence-electron chi connectivity index (χ1n) is 14.5. The van der Waals surface area contributed by atoms with Crippen molar-refractivity contribution in [3.05, 3.63) is 85.9 Å². The van der Waals surface area contributed by atoms with E-state index in [4.69, 9.17) is 16.3 Å². The molecule has 0 unspecified atom stereocenters. The van der Waals surface area contributed by atoms with E-state index < -0.39 is 17.4 Å². The summed E-state index contributed by atoms with van der Waals surface area (Å²) < 4.78 is 46.6. The summed E-state index contributed by atoms with van der Waals surface area (Å²) in [6.45, 7) is 9.21. The molecule has 0 bridgehead atoms. The SMILES string of the molecule is CCOc1ccc(Cl)cc1-n1c(C=C(C)C)c(C(=O)N2CCC[C@@H](C)C2)cc(-c2nc(-c3ccc(C(F)(F)F)nc3)cs2)c1=O. The van der Waals surface area contributed by atoms with Gasteiger partial charge in [-0.25, -0.2) is 4.98 Å². The Morgan fingerprint density at radius 1 is 1.20 bits per heavy atom. The summed E-state index contributed by atoms with van der Waals surface area (Å²) in [5.74, 6) is 0.522. The average molecular weight is 657 g/mol. The van der Waals surface area contributed by atoms with Crippen molar-refractivity contribution in [2.75, 3.05) is 19.7 Å². The normalized spacial score (nSPS) is 15.2. The van der Waals surface area contributed by atoms with Crippen LogP contribution in [-0.2, 0) is 6.18 Å². The number of aromatic nitrogens is 3. The van der Waals surface area contributed by atoms with E-state index in [-0.39, 0.29) is 11.5 Å². The van der Waals surface area contributed by atoms with Crippen LogP contribution >= 0.6 is 22.9 Å². The number of nitrogens with zero attached hydrogens (tertiary/aromatic N) is 4. The first-order chi connectivity index (χ1) is 21.4. The molecule has 0 N–H and O–H groups in total. The zero-order valence-electron chi connectivity index (χ0n) is 25.2. The third-order valence-corrected chi connectivity index (χ3v) is 8.50. The summed E-state index contributed by atoms with van der Waals surface area (Å²) in [4.78, 5) is 38.7. The number of amides is 1. The molecule has 1 fully saturated rings. The Hall–Kier alpha value is -3.96. The molecule has 0 spiro atoms. The highest BCUT2D eigenvalue weighted by molar-refractivity contribution is 7.13. The third-order valence-electron chi connectivity index (χ3n) is 7.39. The molecule has 236 valence electrons. The van der Waals surface area contributed by atoms with Crippen LogP contribution in [0.1, 0.15) is 62.3 Å². The Kier molecular flexibility index (Phi) is 9.50. The van der Waals surface area contributed by atoms with Crippen LogP contribution in [0.25, 0.3) is 33.6 Å². The molecule has 0 saturated carbocycles. The number of hydrogen-bond donors (Lipinski definition) is 0. The van der Waals surface area contributed by atoms with Crippen molar-refractivity contribution in [2.45, 2.75) is 46.7 Å². The molecule has 1 aliphatic heterocycles. The number of rotatable bonds is 7. The lowest BCUT2D eigenvalue weighted by atomic mass is 9.98. The average Bonchev–Trinajstić information content (AvgIpc) is 3.48. The van der Waals surface area contributed by atoms with Crippen molar-refractivity contribution in [3.63, 3.8) is 0 Å². The van der Waals surface area contributed by atoms with Crippen molar-refractivity contribution in [1.29, 1.82) is 0 Å². The third kappa shape index (κ3) is 6.99. The summed E-state index contributed by atoms with van der Waals surface area (Å²) in [6.07, 6.45) is 0.224. The molecule has 4 heterocycles. The molecule has 7 nitrogen and oxygen atoms in total. The Labute approximate surface area is 268 Å². The quantitative estimate of drug-likeness (QED) is 0.200. The lowest BCUT2D eigenvalue weighted by Gasteiger charge is -2.32. The number of thiazole rings is 1. The predicted octanol–water partition coefficient (Wildman–Crippen LogP) is 8.39. The van der Waals surface area contributed by atoms with Crippen LogP contribution in [0, 0.1) is 5.92 Å². The molecular weight excluding hydrogens is 625 g/mol. The van der Waals surface area contributed by atoms with Gasteiger partial charge in [0.05, 0.1) is 34.8 Å². The number of ether oxygens (including phenoxy) is 1. The molecule has 4 aromatic rings. The van der Waals surface area contributed by atoms with Crippen molar-refractivity contribution >= 4 is 34.9 Å². The number of carbonyl (C=O) groups is 1. The fraction of sp³-hybridized carbons (Fsp3) is 0.333. The van der Waals surface area contributed by atoms with E-state index >= 15 is 0 Å². The summed E-state index contributed by atoms with van der Waals surface area (Å²) >= 11 is 7.58. The summed E-state index contributed by atoms with van der Waals surface area (Å²) in [5, 5.41) is 2.32. The number of hydrogen-bond acceptors (Lipinski definition) is 6. The highest BCUT2D eigenvalue weighted by atomic mass is 35.5. The molecule has 3 aromatic heterocycles. The molecule has 5 rings (SSSR count). The Morgan fingerprint density at radius 2 is 1.98 bits per heavy atom. The minimum atomic E-state index is -4.57. The van der Waals surface area contributed by atoms with Crippen LogP contribution in [-0.4, -0.2) is 45.0 Å². The van der Waals surface area contributed by atoms with Crippen molar-refractivity contribution in [3.8, 4) is 33.3 Å². The second-order valence-electron chi connectivity index (χ2n) is 11.2. The number of piperidine rings is 1. The largest absolute Gasteiger partial charge is 0.492 e. The first kappa shape index (κ1) is 32.4. The molecule has 45 heavy (non-hydrogen) atoms. The number of likely N-dealkylation sites (tertiary alicyclic amines) is 1. The molecule has 1 atom stereocenters. The number of pyridine rings is 2. The highest BCUT2D eigenvalue weighted by Gasteiger charge is 2.32. The van der Waals surface area contributed by atoms with E-state index in [0.29, 0.717) is 69.6 Å². The van der Waals surface area contributed by atoms with E-state index in [9.17, 15) is 22.8 Å². The van der Waals surface area contributed by atoms with Gasteiger partial charge >= 0.3 is 6.18 Å². The Morgan fingerprint density at radius 3 is 2.62 bits per heavy atom. The van der Waals surface area contributed by atoms with Gasteiger partial charge in [-0.2, -0.15) is 13.2 Å². The van der Waals surface area contributed by atoms with Gasteiger partial charge in [-0.05, 0) is 82.0 Å². The van der Waals surface area contributed by atoms with E-state index in [1.807, 2.05) is 25.7 Å². The molecule has 12 heteroatoms. The van der Waals surface area contributed by atoms with Crippen molar-refractivity contribution < 1.29 is 22.7 Å². The maximum Gasteiger partial charge on any atom is 0.433 e. The van der Waals surface area contributed by atoms with Gasteiger partial charge in [-0.15, -0.1) is 11.3 Å². The van der Waals surface area contributed by atoms with Crippen molar-refractivity contribution in [1.82, 2.24) is 19.4 Å². The van der Waals surface area contributed by atoms with E-state index in [1.165, 1.54) is 10.6 Å². The highest BCUT2D eigenvalue weighted by Crippen LogP contribution is 2.34. The summed E-state index contributed by atoms with van der Waals surface area (Å²) in [5.41, 5.74) is 1.34. The lowest BCUT2D eigenvalue weighted by molar-refractivity contribution is -0.141. The van der Waals surface area contributed by atoms with Crippen LogP contribution in [0.15, 0.2) is 58.3 Å². The predicted molar refractivity (Wildman–Crippen MR) is 171 cm³/mol.